The minimum Gasteiger partial charge on any atom is -0.494 e. The Balaban J connectivity index is 1.26. The highest BCUT2D eigenvalue weighted by molar-refractivity contribution is 5.61. The van der Waals surface area contributed by atoms with Gasteiger partial charge in [-0.3, -0.25) is 0 Å². The lowest BCUT2D eigenvalue weighted by Gasteiger charge is -2.33. The van der Waals surface area contributed by atoms with Gasteiger partial charge in [-0.05, 0) is 74.5 Å². The van der Waals surface area contributed by atoms with E-state index in [9.17, 15) is 0 Å². The first-order valence-corrected chi connectivity index (χ1v) is 16.2. The van der Waals surface area contributed by atoms with Crippen LogP contribution in [-0.4, -0.2) is 71.4 Å². The van der Waals surface area contributed by atoms with Crippen molar-refractivity contribution in [2.75, 3.05) is 64.6 Å². The molecule has 7 nitrogen and oxygen atoms in total. The summed E-state index contributed by atoms with van der Waals surface area (Å²) in [7, 11) is 1.76. The van der Waals surface area contributed by atoms with Gasteiger partial charge in [0.1, 0.15) is 18.1 Å². The maximum absolute atomic E-state index is 6.56. The molecule has 2 unspecified atom stereocenters. The smallest absolute Gasteiger partial charge is 0.142 e. The van der Waals surface area contributed by atoms with Gasteiger partial charge in [-0.2, -0.15) is 0 Å². The Morgan fingerprint density at radius 2 is 1.88 bits per heavy atom. The van der Waals surface area contributed by atoms with Crippen LogP contribution in [0.15, 0.2) is 42.5 Å². The van der Waals surface area contributed by atoms with E-state index in [4.69, 9.17) is 23.7 Å². The zero-order valence-electron chi connectivity index (χ0n) is 26.5. The monoisotopic (exact) mass is 582 g/mol. The summed E-state index contributed by atoms with van der Waals surface area (Å²) in [6.07, 6.45) is 7.67. The van der Waals surface area contributed by atoms with E-state index >= 15 is 0 Å². The van der Waals surface area contributed by atoms with Crippen LogP contribution in [0.2, 0.25) is 0 Å². The van der Waals surface area contributed by atoms with Gasteiger partial charge in [0.25, 0.3) is 0 Å². The Kier molecular flexibility index (Phi) is 13.3. The average Bonchev–Trinajstić information content (AvgIpc) is 3.03. The number of methoxy groups -OCH3 is 1. The molecule has 1 fully saturated rings. The van der Waals surface area contributed by atoms with Crippen LogP contribution in [0.3, 0.4) is 0 Å². The number of anilines is 1. The van der Waals surface area contributed by atoms with Crippen molar-refractivity contribution in [2.45, 2.75) is 89.9 Å². The molecular weight excluding hydrogens is 528 g/mol. The molecule has 42 heavy (non-hydrogen) atoms. The summed E-state index contributed by atoms with van der Waals surface area (Å²) in [5.41, 5.74) is 3.64. The molecule has 0 saturated carbocycles. The molecule has 0 radical (unpaired) electrons. The number of hydrogen-bond acceptors (Lipinski definition) is 7. The minimum absolute atomic E-state index is 0.0100. The number of fused-ring (bicyclic) bond motifs is 1. The molecule has 0 amide bonds. The number of hydrogen-bond donors (Lipinski definition) is 1. The number of nitrogens with one attached hydrogen (secondary N) is 1. The fraction of sp³-hybridized carbons (Fsp3) is 0.657. The number of unbranched alkanes of at least 4 members (excludes halogenated alkanes) is 1. The summed E-state index contributed by atoms with van der Waals surface area (Å²) >= 11 is 0. The number of benzene rings is 2. The van der Waals surface area contributed by atoms with E-state index in [0.717, 1.165) is 95.3 Å². The van der Waals surface area contributed by atoms with Crippen LogP contribution in [0.25, 0.3) is 0 Å². The van der Waals surface area contributed by atoms with Gasteiger partial charge in [0.2, 0.25) is 0 Å². The van der Waals surface area contributed by atoms with E-state index in [1.807, 2.05) is 0 Å². The van der Waals surface area contributed by atoms with Crippen LogP contribution >= 0.6 is 0 Å². The summed E-state index contributed by atoms with van der Waals surface area (Å²) in [5, 5.41) is 3.53. The van der Waals surface area contributed by atoms with Crippen molar-refractivity contribution in [3.05, 3.63) is 53.6 Å². The van der Waals surface area contributed by atoms with E-state index in [1.165, 1.54) is 24.0 Å². The van der Waals surface area contributed by atoms with Crippen molar-refractivity contribution in [1.82, 2.24) is 5.32 Å². The fourth-order valence-electron chi connectivity index (χ4n) is 5.91. The third-order valence-corrected chi connectivity index (χ3v) is 8.77. The number of nitrogens with zero attached hydrogens (tertiary/aromatic N) is 1. The Morgan fingerprint density at radius 1 is 1.02 bits per heavy atom. The molecule has 2 aromatic rings. The van der Waals surface area contributed by atoms with E-state index in [2.05, 4.69) is 73.5 Å². The second kappa shape index (κ2) is 17.1. The molecule has 4 rings (SSSR count). The molecule has 2 heterocycles. The van der Waals surface area contributed by atoms with E-state index in [1.54, 1.807) is 7.11 Å². The molecule has 0 bridgehead atoms. The Hall–Kier alpha value is -2.32. The van der Waals surface area contributed by atoms with Gasteiger partial charge < -0.3 is 33.9 Å². The molecule has 2 aliphatic heterocycles. The molecule has 1 saturated heterocycles. The van der Waals surface area contributed by atoms with Crippen LogP contribution in [0.4, 0.5) is 5.69 Å². The third-order valence-electron chi connectivity index (χ3n) is 8.77. The summed E-state index contributed by atoms with van der Waals surface area (Å²) in [5.74, 6) is 2.23. The second-order valence-corrected chi connectivity index (χ2v) is 12.0. The lowest BCUT2D eigenvalue weighted by Crippen LogP contribution is -2.41. The Labute approximate surface area is 254 Å². The topological polar surface area (TPSA) is 61.4 Å². The van der Waals surface area contributed by atoms with Gasteiger partial charge in [-0.25, -0.2) is 0 Å². The first-order chi connectivity index (χ1) is 20.5. The second-order valence-electron chi connectivity index (χ2n) is 12.0. The maximum Gasteiger partial charge on any atom is 0.142 e. The van der Waals surface area contributed by atoms with Crippen molar-refractivity contribution in [3.8, 4) is 11.5 Å². The standard InChI is InChI=1S/C35H54N2O5/c1-5-7-17-35(3,6-2)42-23-9-22-39-30-13-11-29(12-14-30)31-16-18-36-26-34(31)41-27-28-10-15-33-32(25-28)37(20-24-40-33)19-8-21-38-4/h10-15,25,31,34,36H,5-9,16-24,26-27H2,1-4H3/t31?,34-,35?/m0/s1. The largest absolute Gasteiger partial charge is 0.494 e. The molecule has 2 aliphatic rings. The van der Waals surface area contributed by atoms with Crippen LogP contribution < -0.4 is 19.7 Å². The summed E-state index contributed by atoms with van der Waals surface area (Å²) in [4.78, 5) is 2.40. The van der Waals surface area contributed by atoms with Crippen LogP contribution in [0.1, 0.15) is 82.8 Å². The number of piperidine rings is 1. The summed E-state index contributed by atoms with van der Waals surface area (Å²) in [6, 6.07) is 15.1. The van der Waals surface area contributed by atoms with Gasteiger partial charge in [0, 0.05) is 39.1 Å². The molecule has 3 atom stereocenters. The van der Waals surface area contributed by atoms with Gasteiger partial charge in [0.15, 0.2) is 0 Å². The predicted molar refractivity (Wildman–Crippen MR) is 170 cm³/mol. The Bertz CT molecular complexity index is 1050. The predicted octanol–water partition coefficient (Wildman–Crippen LogP) is 6.73. The van der Waals surface area contributed by atoms with Crippen LogP contribution in [0, 0.1) is 0 Å². The van der Waals surface area contributed by atoms with Crippen molar-refractivity contribution < 1.29 is 23.7 Å². The Morgan fingerprint density at radius 3 is 2.67 bits per heavy atom. The molecule has 0 spiro atoms. The molecule has 234 valence electrons. The van der Waals surface area contributed by atoms with Gasteiger partial charge in [0.05, 0.1) is 43.8 Å². The zero-order valence-corrected chi connectivity index (χ0v) is 26.5. The highest BCUT2D eigenvalue weighted by atomic mass is 16.5. The number of ether oxygens (including phenoxy) is 5. The van der Waals surface area contributed by atoms with Crippen LogP contribution in [0.5, 0.6) is 11.5 Å². The van der Waals surface area contributed by atoms with Crippen LogP contribution in [-0.2, 0) is 20.8 Å². The van der Waals surface area contributed by atoms with Gasteiger partial charge >= 0.3 is 0 Å². The van der Waals surface area contributed by atoms with Crippen molar-refractivity contribution in [1.29, 1.82) is 0 Å². The summed E-state index contributed by atoms with van der Waals surface area (Å²) < 4.78 is 30.0. The third kappa shape index (κ3) is 9.60. The minimum atomic E-state index is -0.0100. The van der Waals surface area contributed by atoms with Gasteiger partial charge in [-0.15, -0.1) is 0 Å². The molecule has 0 aliphatic carbocycles. The summed E-state index contributed by atoms with van der Waals surface area (Å²) in [6.45, 7) is 13.9. The highest BCUT2D eigenvalue weighted by Crippen LogP contribution is 2.34. The lowest BCUT2D eigenvalue weighted by molar-refractivity contribution is -0.0452. The molecule has 0 aromatic heterocycles. The molecule has 1 N–H and O–H groups in total. The van der Waals surface area contributed by atoms with Gasteiger partial charge in [-0.1, -0.05) is 44.9 Å². The lowest BCUT2D eigenvalue weighted by atomic mass is 9.87. The van der Waals surface area contributed by atoms with E-state index in [0.29, 0.717) is 19.1 Å². The van der Waals surface area contributed by atoms with Crippen molar-refractivity contribution in [2.24, 2.45) is 0 Å². The first-order valence-electron chi connectivity index (χ1n) is 16.2. The maximum atomic E-state index is 6.56. The van der Waals surface area contributed by atoms with Crippen molar-refractivity contribution >= 4 is 5.69 Å². The van der Waals surface area contributed by atoms with Crippen molar-refractivity contribution in [3.63, 3.8) is 0 Å². The quantitative estimate of drug-likeness (QED) is 0.196. The zero-order chi connectivity index (χ0) is 29.6. The first kappa shape index (κ1) is 32.6. The molecular formula is C35H54N2O5. The fourth-order valence-corrected chi connectivity index (χ4v) is 5.91. The highest BCUT2D eigenvalue weighted by Gasteiger charge is 2.28. The SMILES string of the molecule is CCCCC(C)(CC)OCCCOc1ccc(C2CCNC[C@@H]2OCc2ccc3c(c2)N(CCCOC)CCO3)cc1. The number of rotatable bonds is 18. The molecule has 2 aromatic carbocycles. The van der Waals surface area contributed by atoms with E-state index < -0.39 is 0 Å². The van der Waals surface area contributed by atoms with E-state index in [-0.39, 0.29) is 11.7 Å². The normalized spacial score (nSPS) is 20.0. The molecule has 7 heteroatoms. The average molecular weight is 583 g/mol.